The first-order valence-electron chi connectivity index (χ1n) is 12.9. The van der Waals surface area contributed by atoms with Crippen LogP contribution in [0.25, 0.3) is 11.1 Å². The van der Waals surface area contributed by atoms with E-state index in [9.17, 15) is 14.4 Å². The number of nitrogens with one attached hydrogen (secondary N) is 2. The Morgan fingerprint density at radius 1 is 0.923 bits per heavy atom. The van der Waals surface area contributed by atoms with Crippen LogP contribution < -0.4 is 10.6 Å². The normalized spacial score (nSPS) is 13.1. The molecule has 1 aromatic heterocycles. The number of fused-ring (bicyclic) bond motifs is 3. The van der Waals surface area contributed by atoms with Crippen molar-refractivity contribution >= 4 is 29.1 Å². The summed E-state index contributed by atoms with van der Waals surface area (Å²) in [5.41, 5.74) is 3.90. The Bertz CT molecular complexity index is 1260. The number of hydrogen-bond donors (Lipinski definition) is 2. The number of rotatable bonds is 9. The van der Waals surface area contributed by atoms with E-state index in [2.05, 4.69) is 39.9 Å². The number of aromatic nitrogens is 1. The lowest BCUT2D eigenvalue weighted by molar-refractivity contribution is -0.112. The van der Waals surface area contributed by atoms with E-state index in [1.165, 1.54) is 0 Å². The van der Waals surface area contributed by atoms with Gasteiger partial charge in [0.15, 0.2) is 0 Å². The predicted molar refractivity (Wildman–Crippen MR) is 151 cm³/mol. The van der Waals surface area contributed by atoms with E-state index in [0.717, 1.165) is 38.9 Å². The van der Waals surface area contributed by atoms with Crippen LogP contribution in [0.3, 0.4) is 0 Å². The second-order valence-corrected chi connectivity index (χ2v) is 11.3. The molecule has 0 aliphatic heterocycles. The average Bonchev–Trinajstić information content (AvgIpc) is 3.22. The number of hydrogen-bond acceptors (Lipinski definition) is 7. The van der Waals surface area contributed by atoms with E-state index >= 15 is 0 Å². The van der Waals surface area contributed by atoms with E-state index in [0.29, 0.717) is 19.4 Å². The van der Waals surface area contributed by atoms with E-state index < -0.39 is 23.8 Å². The molecule has 1 aliphatic carbocycles. The molecule has 0 saturated carbocycles. The summed E-state index contributed by atoms with van der Waals surface area (Å²) in [5, 5.41) is 5.20. The van der Waals surface area contributed by atoms with Crippen molar-refractivity contribution in [1.29, 1.82) is 0 Å². The maximum absolute atomic E-state index is 13.1. The van der Waals surface area contributed by atoms with Gasteiger partial charge in [-0.15, -0.1) is 0 Å². The molecule has 3 aromatic rings. The first kappa shape index (κ1) is 28.2. The number of thioether (sulfide) groups is 1. The van der Waals surface area contributed by atoms with Crippen LogP contribution in [0.2, 0.25) is 0 Å². The van der Waals surface area contributed by atoms with Gasteiger partial charge in [-0.2, -0.15) is 0 Å². The Balaban J connectivity index is 1.36. The highest BCUT2D eigenvalue weighted by atomic mass is 32.2. The van der Waals surface area contributed by atoms with Gasteiger partial charge in [0.25, 0.3) is 0 Å². The Hall–Kier alpha value is -3.85. The molecule has 0 unspecified atom stereocenters. The number of nitrogens with zero attached hydrogens (tertiary/aromatic N) is 1. The molecule has 0 spiro atoms. The smallest absolute Gasteiger partial charge is 0.407 e. The summed E-state index contributed by atoms with van der Waals surface area (Å²) < 4.78 is 10.9. The van der Waals surface area contributed by atoms with Crippen molar-refractivity contribution in [1.82, 2.24) is 15.6 Å². The average molecular weight is 548 g/mol. The van der Waals surface area contributed by atoms with Gasteiger partial charge >= 0.3 is 12.2 Å². The summed E-state index contributed by atoms with van der Waals surface area (Å²) in [7, 11) is 0. The van der Waals surface area contributed by atoms with E-state index in [1.807, 2.05) is 24.3 Å². The number of amides is 2. The van der Waals surface area contributed by atoms with Gasteiger partial charge < -0.3 is 20.1 Å². The molecule has 0 bridgehead atoms. The van der Waals surface area contributed by atoms with Gasteiger partial charge in [0.05, 0.1) is 0 Å². The van der Waals surface area contributed by atoms with Gasteiger partial charge in [-0.25, -0.2) is 9.59 Å². The zero-order valence-electron chi connectivity index (χ0n) is 22.3. The van der Waals surface area contributed by atoms with Crippen LogP contribution in [0, 0.1) is 0 Å². The maximum atomic E-state index is 13.1. The minimum atomic E-state index is -0.806. The van der Waals surface area contributed by atoms with Gasteiger partial charge in [-0.1, -0.05) is 48.5 Å². The summed E-state index contributed by atoms with van der Waals surface area (Å²) in [6.45, 7) is 5.81. The lowest BCUT2D eigenvalue weighted by Crippen LogP contribution is -2.41. The predicted octanol–water partition coefficient (Wildman–Crippen LogP) is 5.91. The molecule has 0 radical (unpaired) electrons. The molecule has 1 aliphatic rings. The van der Waals surface area contributed by atoms with Crippen molar-refractivity contribution in [3.8, 4) is 11.1 Å². The van der Waals surface area contributed by atoms with Crippen molar-refractivity contribution in [2.45, 2.75) is 56.1 Å². The van der Waals surface area contributed by atoms with Crippen molar-refractivity contribution in [3.05, 3.63) is 84.2 Å². The fourth-order valence-corrected chi connectivity index (χ4v) is 5.24. The fraction of sp³-hybridized carbons (Fsp3) is 0.333. The van der Waals surface area contributed by atoms with Gasteiger partial charge in [0.1, 0.15) is 18.2 Å². The molecular formula is C30H33N3O5S. The quantitative estimate of drug-likeness (QED) is 0.253. The minimum absolute atomic E-state index is 0.0819. The van der Waals surface area contributed by atoms with E-state index in [4.69, 9.17) is 9.47 Å². The van der Waals surface area contributed by atoms with Crippen molar-refractivity contribution in [2.24, 2.45) is 0 Å². The van der Waals surface area contributed by atoms with Crippen molar-refractivity contribution in [3.63, 3.8) is 0 Å². The molecule has 0 saturated heterocycles. The van der Waals surface area contributed by atoms with Crippen LogP contribution >= 0.6 is 11.8 Å². The van der Waals surface area contributed by atoms with Crippen LogP contribution in [0.15, 0.2) is 78.0 Å². The Labute approximate surface area is 232 Å². The molecule has 4 rings (SSSR count). The van der Waals surface area contributed by atoms with E-state index in [-0.39, 0.29) is 17.6 Å². The van der Waals surface area contributed by atoms with Gasteiger partial charge in [-0.3, -0.25) is 9.78 Å². The fourth-order valence-electron chi connectivity index (χ4n) is 4.44. The third-order valence-electron chi connectivity index (χ3n) is 6.13. The Kier molecular flexibility index (Phi) is 9.24. The maximum Gasteiger partial charge on any atom is 0.407 e. The first-order chi connectivity index (χ1) is 18.7. The highest BCUT2D eigenvalue weighted by Crippen LogP contribution is 2.44. The number of benzene rings is 2. The summed E-state index contributed by atoms with van der Waals surface area (Å²) in [6.07, 6.45) is 2.79. The second kappa shape index (κ2) is 12.8. The summed E-state index contributed by atoms with van der Waals surface area (Å²) in [4.78, 5) is 42.6. The van der Waals surface area contributed by atoms with Crippen LogP contribution in [-0.4, -0.2) is 47.1 Å². The van der Waals surface area contributed by atoms with E-state index in [1.54, 1.807) is 45.3 Å². The first-order valence-corrected chi connectivity index (χ1v) is 13.7. The standard InChI is InChI=1S/C30H33N3O5S/c1-30(2,3)38-28(35)32-16-8-13-26(27(34)39-20-14-17-31-18-15-20)33-29(36)37-19-25-23-11-6-4-9-21(23)22-10-5-7-12-24(22)25/h4-7,9-12,14-15,17-18,25-26H,8,13,16,19H2,1-3H3,(H,32,35)(H,33,36)/t26-/m0/s1. The van der Waals surface area contributed by atoms with Crippen LogP contribution in [0.5, 0.6) is 0 Å². The van der Waals surface area contributed by atoms with Crippen LogP contribution in [-0.2, 0) is 14.3 Å². The van der Waals surface area contributed by atoms with Gasteiger partial charge in [0, 0.05) is 29.8 Å². The second-order valence-electron chi connectivity index (χ2n) is 10.2. The summed E-state index contributed by atoms with van der Waals surface area (Å²) in [5.74, 6) is -0.0819. The molecule has 2 N–H and O–H groups in total. The Morgan fingerprint density at radius 3 is 2.15 bits per heavy atom. The van der Waals surface area contributed by atoms with Gasteiger partial charge in [-0.05, 0) is 79.8 Å². The minimum Gasteiger partial charge on any atom is -0.449 e. The van der Waals surface area contributed by atoms with Crippen molar-refractivity contribution in [2.75, 3.05) is 13.2 Å². The number of ether oxygens (including phenoxy) is 2. The lowest BCUT2D eigenvalue weighted by atomic mass is 9.98. The number of alkyl carbamates (subject to hydrolysis) is 2. The molecule has 1 atom stereocenters. The number of carbonyl (C=O) groups is 3. The summed E-state index contributed by atoms with van der Waals surface area (Å²) >= 11 is 1.03. The zero-order chi connectivity index (χ0) is 27.8. The molecule has 204 valence electrons. The largest absolute Gasteiger partial charge is 0.449 e. The number of pyridine rings is 1. The topological polar surface area (TPSA) is 107 Å². The van der Waals surface area contributed by atoms with Crippen molar-refractivity contribution < 1.29 is 23.9 Å². The monoisotopic (exact) mass is 547 g/mol. The third-order valence-corrected chi connectivity index (χ3v) is 7.12. The molecule has 1 heterocycles. The highest BCUT2D eigenvalue weighted by Gasteiger charge is 2.30. The van der Waals surface area contributed by atoms with Crippen LogP contribution in [0.1, 0.15) is 50.7 Å². The van der Waals surface area contributed by atoms with Gasteiger partial charge in [0.2, 0.25) is 5.12 Å². The molecule has 8 nitrogen and oxygen atoms in total. The molecule has 0 fully saturated rings. The molecule has 9 heteroatoms. The summed E-state index contributed by atoms with van der Waals surface area (Å²) in [6, 6.07) is 18.9. The van der Waals surface area contributed by atoms with Crippen LogP contribution in [0.4, 0.5) is 9.59 Å². The molecular weight excluding hydrogens is 514 g/mol. The lowest BCUT2D eigenvalue weighted by Gasteiger charge is -2.21. The SMILES string of the molecule is CC(C)(C)OC(=O)NCCC[C@H](NC(=O)OCC1c2ccccc2-c2ccccc21)C(=O)Sc1ccncc1. The highest BCUT2D eigenvalue weighted by molar-refractivity contribution is 8.13. The Morgan fingerprint density at radius 2 is 1.54 bits per heavy atom. The molecule has 39 heavy (non-hydrogen) atoms. The number of carbonyl (C=O) groups excluding carboxylic acids is 3. The zero-order valence-corrected chi connectivity index (χ0v) is 23.1. The molecule has 2 aromatic carbocycles. The molecule has 2 amide bonds. The third kappa shape index (κ3) is 7.83.